The molecule has 1 amide bonds. The number of hydrogen-bond donors (Lipinski definition) is 2. The third kappa shape index (κ3) is 4.06. The first-order chi connectivity index (χ1) is 13.1. The van der Waals surface area contributed by atoms with Crippen molar-refractivity contribution in [3.8, 4) is 0 Å². The van der Waals surface area contributed by atoms with E-state index in [0.29, 0.717) is 23.3 Å². The Morgan fingerprint density at radius 1 is 1.19 bits per heavy atom. The van der Waals surface area contributed by atoms with Gasteiger partial charge in [-0.15, -0.1) is 0 Å². The van der Waals surface area contributed by atoms with E-state index in [-0.39, 0.29) is 0 Å². The van der Waals surface area contributed by atoms with Crippen LogP contribution in [-0.4, -0.2) is 37.2 Å². The number of anilines is 3. The zero-order valence-corrected chi connectivity index (χ0v) is 15.6. The molecule has 1 saturated heterocycles. The minimum Gasteiger partial charge on any atom is -0.381 e. The number of rotatable bonds is 6. The Labute approximate surface area is 159 Å². The van der Waals surface area contributed by atoms with Crippen LogP contribution in [0.3, 0.4) is 0 Å². The molecule has 1 aliphatic heterocycles. The second-order valence-electron chi connectivity index (χ2n) is 7.43. The van der Waals surface area contributed by atoms with E-state index in [9.17, 15) is 4.79 Å². The van der Waals surface area contributed by atoms with Gasteiger partial charge in [0.25, 0.3) is 5.91 Å². The lowest BCUT2D eigenvalue weighted by molar-refractivity contribution is 0.0853. The first-order valence-corrected chi connectivity index (χ1v) is 9.59. The van der Waals surface area contributed by atoms with Gasteiger partial charge >= 0.3 is 0 Å². The number of amides is 1. The average Bonchev–Trinajstić information content (AvgIpc) is 3.54. The molecule has 4 rings (SSSR count). The van der Waals surface area contributed by atoms with Crippen LogP contribution in [0.1, 0.15) is 47.5 Å². The Kier molecular flexibility index (Phi) is 4.99. The van der Waals surface area contributed by atoms with Crippen molar-refractivity contribution in [2.45, 2.75) is 37.6 Å². The standard InChI is InChI=1S/C21H26N4O2/c1-25(17-6-7-17)19-12-20(23-13-18(19)21(22)26)24-16-4-2-14(3-5-16)15-8-10-27-11-9-15/h2-5,12-13,15,17H,6-11H2,1H3,(H2,22,26)(H,23,24). The van der Waals surface area contributed by atoms with E-state index in [4.69, 9.17) is 10.5 Å². The number of benzene rings is 1. The summed E-state index contributed by atoms with van der Waals surface area (Å²) in [5.74, 6) is 0.846. The highest BCUT2D eigenvalue weighted by Crippen LogP contribution is 2.34. The van der Waals surface area contributed by atoms with Crippen LogP contribution in [0.4, 0.5) is 17.2 Å². The quantitative estimate of drug-likeness (QED) is 0.819. The molecule has 2 aromatic rings. The summed E-state index contributed by atoms with van der Waals surface area (Å²) in [4.78, 5) is 18.3. The number of pyridine rings is 1. The van der Waals surface area contributed by atoms with Crippen molar-refractivity contribution in [1.82, 2.24) is 4.98 Å². The fourth-order valence-corrected chi connectivity index (χ4v) is 3.67. The third-order valence-corrected chi connectivity index (χ3v) is 5.50. The fraction of sp³-hybridized carbons (Fsp3) is 0.429. The molecule has 0 spiro atoms. The largest absolute Gasteiger partial charge is 0.381 e. The molecule has 2 aliphatic rings. The number of hydrogen-bond acceptors (Lipinski definition) is 5. The molecule has 0 bridgehead atoms. The number of nitrogens with one attached hydrogen (secondary N) is 1. The molecule has 1 aliphatic carbocycles. The molecule has 2 fully saturated rings. The van der Waals surface area contributed by atoms with Gasteiger partial charge in [0.1, 0.15) is 5.82 Å². The minimum absolute atomic E-state index is 0.447. The van der Waals surface area contributed by atoms with E-state index in [1.807, 2.05) is 13.1 Å². The molecule has 27 heavy (non-hydrogen) atoms. The monoisotopic (exact) mass is 366 g/mol. The van der Waals surface area contributed by atoms with Gasteiger partial charge in [0.15, 0.2) is 0 Å². The first kappa shape index (κ1) is 17.8. The summed E-state index contributed by atoms with van der Waals surface area (Å²) in [5.41, 5.74) is 9.16. The van der Waals surface area contributed by atoms with Crippen LogP contribution in [0.15, 0.2) is 36.5 Å². The number of primary amides is 1. The molecule has 0 atom stereocenters. The van der Waals surface area contributed by atoms with Gasteiger partial charge in [-0.3, -0.25) is 4.79 Å². The van der Waals surface area contributed by atoms with Crippen LogP contribution >= 0.6 is 0 Å². The predicted octanol–water partition coefficient (Wildman–Crippen LogP) is 3.42. The Balaban J connectivity index is 1.51. The van der Waals surface area contributed by atoms with Gasteiger partial charge < -0.3 is 20.7 Å². The van der Waals surface area contributed by atoms with Gasteiger partial charge in [-0.25, -0.2) is 4.98 Å². The zero-order valence-electron chi connectivity index (χ0n) is 15.6. The van der Waals surface area contributed by atoms with Crippen molar-refractivity contribution < 1.29 is 9.53 Å². The molecule has 6 nitrogen and oxygen atoms in total. The maximum absolute atomic E-state index is 11.8. The van der Waals surface area contributed by atoms with Crippen LogP contribution in [0.25, 0.3) is 0 Å². The molecular weight excluding hydrogens is 340 g/mol. The third-order valence-electron chi connectivity index (χ3n) is 5.50. The van der Waals surface area contributed by atoms with Crippen molar-refractivity contribution in [2.24, 2.45) is 5.73 Å². The number of carbonyl (C=O) groups excluding carboxylic acids is 1. The zero-order chi connectivity index (χ0) is 18.8. The van der Waals surface area contributed by atoms with E-state index < -0.39 is 5.91 Å². The van der Waals surface area contributed by atoms with Gasteiger partial charge in [0, 0.05) is 44.3 Å². The lowest BCUT2D eigenvalue weighted by Crippen LogP contribution is -2.24. The lowest BCUT2D eigenvalue weighted by atomic mass is 9.92. The van der Waals surface area contributed by atoms with Crippen molar-refractivity contribution in [3.05, 3.63) is 47.7 Å². The number of nitrogens with zero attached hydrogens (tertiary/aromatic N) is 2. The number of aromatic nitrogens is 1. The van der Waals surface area contributed by atoms with E-state index in [0.717, 1.165) is 50.3 Å². The van der Waals surface area contributed by atoms with E-state index >= 15 is 0 Å². The molecule has 142 valence electrons. The van der Waals surface area contributed by atoms with Crippen LogP contribution in [0.5, 0.6) is 0 Å². The van der Waals surface area contributed by atoms with Crippen molar-refractivity contribution in [2.75, 3.05) is 30.5 Å². The molecule has 1 aromatic heterocycles. The summed E-state index contributed by atoms with van der Waals surface area (Å²) >= 11 is 0. The fourth-order valence-electron chi connectivity index (χ4n) is 3.67. The second-order valence-corrected chi connectivity index (χ2v) is 7.43. The van der Waals surface area contributed by atoms with Crippen LogP contribution in [0, 0.1) is 0 Å². The lowest BCUT2D eigenvalue weighted by Gasteiger charge is -2.23. The second kappa shape index (κ2) is 7.56. The number of ether oxygens (including phenoxy) is 1. The average molecular weight is 366 g/mol. The molecular formula is C21H26N4O2. The molecule has 1 saturated carbocycles. The smallest absolute Gasteiger partial charge is 0.252 e. The predicted molar refractivity (Wildman–Crippen MR) is 107 cm³/mol. The van der Waals surface area contributed by atoms with Gasteiger partial charge in [-0.2, -0.15) is 0 Å². The number of carbonyl (C=O) groups is 1. The highest BCUT2D eigenvalue weighted by atomic mass is 16.5. The summed E-state index contributed by atoms with van der Waals surface area (Å²) < 4.78 is 5.44. The first-order valence-electron chi connectivity index (χ1n) is 9.59. The normalized spacial score (nSPS) is 17.5. The maximum atomic E-state index is 11.8. The van der Waals surface area contributed by atoms with Crippen molar-refractivity contribution >= 4 is 23.1 Å². The maximum Gasteiger partial charge on any atom is 0.252 e. The van der Waals surface area contributed by atoms with E-state index in [2.05, 4.69) is 39.5 Å². The Bertz CT molecular complexity index is 811. The van der Waals surface area contributed by atoms with Gasteiger partial charge in [0.2, 0.25) is 0 Å². The van der Waals surface area contributed by atoms with Gasteiger partial charge in [-0.05, 0) is 49.3 Å². The molecule has 2 heterocycles. The van der Waals surface area contributed by atoms with Crippen LogP contribution in [-0.2, 0) is 4.74 Å². The topological polar surface area (TPSA) is 80.5 Å². The highest BCUT2D eigenvalue weighted by Gasteiger charge is 2.29. The van der Waals surface area contributed by atoms with Crippen molar-refractivity contribution in [1.29, 1.82) is 0 Å². The molecule has 0 radical (unpaired) electrons. The SMILES string of the molecule is CN(c1cc(Nc2ccc(C3CCOCC3)cc2)ncc1C(N)=O)C1CC1. The minimum atomic E-state index is -0.447. The summed E-state index contributed by atoms with van der Waals surface area (Å²) in [6, 6.07) is 10.9. The molecule has 0 unspecified atom stereocenters. The van der Waals surface area contributed by atoms with Crippen LogP contribution in [0.2, 0.25) is 0 Å². The van der Waals surface area contributed by atoms with Gasteiger partial charge in [-0.1, -0.05) is 12.1 Å². The summed E-state index contributed by atoms with van der Waals surface area (Å²) in [6.45, 7) is 1.69. The number of nitrogens with two attached hydrogens (primary N) is 1. The summed E-state index contributed by atoms with van der Waals surface area (Å²) in [6.07, 6.45) is 6.02. The Hall–Kier alpha value is -2.60. The molecule has 3 N–H and O–H groups in total. The van der Waals surface area contributed by atoms with Crippen molar-refractivity contribution in [3.63, 3.8) is 0 Å². The Morgan fingerprint density at radius 3 is 2.52 bits per heavy atom. The van der Waals surface area contributed by atoms with Gasteiger partial charge in [0.05, 0.1) is 11.3 Å². The highest BCUT2D eigenvalue weighted by molar-refractivity contribution is 5.99. The Morgan fingerprint density at radius 2 is 1.89 bits per heavy atom. The summed E-state index contributed by atoms with van der Waals surface area (Å²) in [5, 5.41) is 3.34. The van der Waals surface area contributed by atoms with Crippen LogP contribution < -0.4 is 16.0 Å². The van der Waals surface area contributed by atoms with E-state index in [1.165, 1.54) is 5.56 Å². The van der Waals surface area contributed by atoms with E-state index in [1.54, 1.807) is 6.20 Å². The molecule has 6 heteroatoms. The molecule has 1 aromatic carbocycles. The summed E-state index contributed by atoms with van der Waals surface area (Å²) in [7, 11) is 2.01.